The molecule has 0 radical (unpaired) electrons. The Labute approximate surface area is 84.2 Å². The first kappa shape index (κ1) is 10.7. The molecule has 1 rings (SSSR count). The molecule has 0 bridgehead atoms. The summed E-state index contributed by atoms with van der Waals surface area (Å²) < 4.78 is 13.5. The Balaban J connectivity index is 2.95. The zero-order valence-electron chi connectivity index (χ0n) is 8.55. The van der Waals surface area contributed by atoms with Crippen molar-refractivity contribution in [1.82, 2.24) is 0 Å². The maximum absolute atomic E-state index is 13.5. The van der Waals surface area contributed by atoms with Crippen molar-refractivity contribution in [2.24, 2.45) is 0 Å². The average molecular weight is 191 g/mol. The quantitative estimate of drug-likeness (QED) is 0.716. The van der Waals surface area contributed by atoms with Crippen LogP contribution in [0.25, 0.3) is 0 Å². The Morgan fingerprint density at radius 1 is 1.50 bits per heavy atom. The van der Waals surface area contributed by atoms with Crippen molar-refractivity contribution in [3.63, 3.8) is 0 Å². The molecular formula is C12H14FN. The van der Waals surface area contributed by atoms with Crippen LogP contribution in [0.5, 0.6) is 0 Å². The van der Waals surface area contributed by atoms with Crippen molar-refractivity contribution in [2.75, 3.05) is 0 Å². The normalized spacial score (nSPS) is 12.1. The SMILES string of the molecule is CCCC(C)c1ccc(C#N)cc1F. The standard InChI is InChI=1S/C12H14FN/c1-3-4-9(2)11-6-5-10(8-14)7-12(11)13/h5-7,9H,3-4H2,1-2H3. The number of benzene rings is 1. The molecule has 0 aliphatic carbocycles. The zero-order chi connectivity index (χ0) is 10.6. The molecule has 2 heteroatoms. The number of nitriles is 1. The zero-order valence-corrected chi connectivity index (χ0v) is 8.55. The molecule has 1 aromatic carbocycles. The molecule has 0 saturated carbocycles. The van der Waals surface area contributed by atoms with Gasteiger partial charge < -0.3 is 0 Å². The fourth-order valence-electron chi connectivity index (χ4n) is 1.58. The van der Waals surface area contributed by atoms with Gasteiger partial charge in [0.25, 0.3) is 0 Å². The van der Waals surface area contributed by atoms with Crippen molar-refractivity contribution in [3.05, 3.63) is 35.1 Å². The third-order valence-electron chi connectivity index (χ3n) is 2.38. The summed E-state index contributed by atoms with van der Waals surface area (Å²) in [5, 5.41) is 8.58. The molecule has 0 spiro atoms. The van der Waals surface area contributed by atoms with Gasteiger partial charge in [0, 0.05) is 0 Å². The summed E-state index contributed by atoms with van der Waals surface area (Å²) in [6.07, 6.45) is 2.02. The summed E-state index contributed by atoms with van der Waals surface area (Å²) in [5.41, 5.74) is 1.10. The van der Waals surface area contributed by atoms with E-state index in [9.17, 15) is 4.39 Å². The molecule has 14 heavy (non-hydrogen) atoms. The second kappa shape index (κ2) is 4.76. The minimum atomic E-state index is -0.259. The van der Waals surface area contributed by atoms with E-state index in [4.69, 9.17) is 5.26 Å². The van der Waals surface area contributed by atoms with E-state index in [1.807, 2.05) is 13.0 Å². The predicted molar refractivity (Wildman–Crippen MR) is 54.4 cm³/mol. The number of nitrogens with zero attached hydrogens (tertiary/aromatic N) is 1. The summed E-state index contributed by atoms with van der Waals surface area (Å²) in [7, 11) is 0. The lowest BCUT2D eigenvalue weighted by Gasteiger charge is -2.11. The molecule has 1 atom stereocenters. The largest absolute Gasteiger partial charge is 0.207 e. The summed E-state index contributed by atoms with van der Waals surface area (Å²) in [5.74, 6) is -0.0299. The van der Waals surface area contributed by atoms with E-state index in [0.29, 0.717) is 11.1 Å². The molecule has 0 aromatic heterocycles. The van der Waals surface area contributed by atoms with Crippen molar-refractivity contribution in [1.29, 1.82) is 5.26 Å². The number of rotatable bonds is 3. The first-order valence-corrected chi connectivity index (χ1v) is 4.88. The second-order valence-electron chi connectivity index (χ2n) is 3.54. The van der Waals surface area contributed by atoms with E-state index < -0.39 is 0 Å². The van der Waals surface area contributed by atoms with Gasteiger partial charge in [-0.05, 0) is 30.0 Å². The number of hydrogen-bond acceptors (Lipinski definition) is 1. The molecule has 0 N–H and O–H groups in total. The summed E-state index contributed by atoms with van der Waals surface area (Å²) in [6, 6.07) is 6.62. The highest BCUT2D eigenvalue weighted by atomic mass is 19.1. The van der Waals surface area contributed by atoms with Crippen LogP contribution in [0.1, 0.15) is 43.7 Å². The van der Waals surface area contributed by atoms with Crippen LogP contribution in [0.15, 0.2) is 18.2 Å². The van der Waals surface area contributed by atoms with Crippen molar-refractivity contribution in [3.8, 4) is 6.07 Å². The van der Waals surface area contributed by atoms with Crippen LogP contribution in [-0.2, 0) is 0 Å². The summed E-state index contributed by atoms with van der Waals surface area (Å²) in [6.45, 7) is 4.09. The van der Waals surface area contributed by atoms with Gasteiger partial charge in [0.1, 0.15) is 5.82 Å². The minimum absolute atomic E-state index is 0.229. The molecule has 0 saturated heterocycles. The Hall–Kier alpha value is -1.36. The van der Waals surface area contributed by atoms with E-state index in [2.05, 4.69) is 6.92 Å². The van der Waals surface area contributed by atoms with Gasteiger partial charge in [-0.1, -0.05) is 26.3 Å². The molecular weight excluding hydrogens is 177 g/mol. The van der Waals surface area contributed by atoms with Gasteiger partial charge in [-0.25, -0.2) is 4.39 Å². The lowest BCUT2D eigenvalue weighted by Crippen LogP contribution is -1.97. The first-order chi connectivity index (χ1) is 6.69. The van der Waals surface area contributed by atoms with Gasteiger partial charge in [-0.3, -0.25) is 0 Å². The fraction of sp³-hybridized carbons (Fsp3) is 0.417. The van der Waals surface area contributed by atoms with Crippen LogP contribution in [0.4, 0.5) is 4.39 Å². The third kappa shape index (κ3) is 2.32. The molecule has 1 unspecified atom stereocenters. The van der Waals surface area contributed by atoms with Gasteiger partial charge in [0.05, 0.1) is 11.6 Å². The Morgan fingerprint density at radius 3 is 2.71 bits per heavy atom. The maximum Gasteiger partial charge on any atom is 0.127 e. The minimum Gasteiger partial charge on any atom is -0.207 e. The third-order valence-corrected chi connectivity index (χ3v) is 2.38. The van der Waals surface area contributed by atoms with Crippen molar-refractivity contribution in [2.45, 2.75) is 32.6 Å². The fourth-order valence-corrected chi connectivity index (χ4v) is 1.58. The monoisotopic (exact) mass is 191 g/mol. The average Bonchev–Trinajstić information content (AvgIpc) is 2.17. The molecule has 0 fully saturated rings. The van der Waals surface area contributed by atoms with Crippen LogP contribution in [0, 0.1) is 17.1 Å². The second-order valence-corrected chi connectivity index (χ2v) is 3.54. The molecule has 1 aromatic rings. The van der Waals surface area contributed by atoms with Gasteiger partial charge in [-0.15, -0.1) is 0 Å². The van der Waals surface area contributed by atoms with Gasteiger partial charge in [0.15, 0.2) is 0 Å². The van der Waals surface area contributed by atoms with Crippen LogP contribution in [-0.4, -0.2) is 0 Å². The Kier molecular flexibility index (Phi) is 3.64. The molecule has 0 aliphatic rings. The molecule has 1 nitrogen and oxygen atoms in total. The van der Waals surface area contributed by atoms with Crippen LogP contribution in [0.2, 0.25) is 0 Å². The highest BCUT2D eigenvalue weighted by molar-refractivity contribution is 5.34. The highest BCUT2D eigenvalue weighted by Gasteiger charge is 2.10. The van der Waals surface area contributed by atoms with E-state index in [-0.39, 0.29) is 11.7 Å². The topological polar surface area (TPSA) is 23.8 Å². The van der Waals surface area contributed by atoms with Gasteiger partial charge in [0.2, 0.25) is 0 Å². The number of hydrogen-bond donors (Lipinski definition) is 0. The first-order valence-electron chi connectivity index (χ1n) is 4.88. The molecule has 0 aliphatic heterocycles. The van der Waals surface area contributed by atoms with E-state index >= 15 is 0 Å². The Morgan fingerprint density at radius 2 is 2.21 bits per heavy atom. The van der Waals surface area contributed by atoms with E-state index in [0.717, 1.165) is 12.8 Å². The van der Waals surface area contributed by atoms with Crippen molar-refractivity contribution < 1.29 is 4.39 Å². The lowest BCUT2D eigenvalue weighted by atomic mass is 9.95. The molecule has 0 heterocycles. The van der Waals surface area contributed by atoms with Crippen LogP contribution >= 0.6 is 0 Å². The van der Waals surface area contributed by atoms with Gasteiger partial charge >= 0.3 is 0 Å². The number of halogens is 1. The summed E-state index contributed by atoms with van der Waals surface area (Å²) >= 11 is 0. The molecule has 0 amide bonds. The maximum atomic E-state index is 13.5. The summed E-state index contributed by atoms with van der Waals surface area (Å²) in [4.78, 5) is 0. The Bertz CT molecular complexity index is 352. The van der Waals surface area contributed by atoms with Crippen molar-refractivity contribution >= 4 is 0 Å². The van der Waals surface area contributed by atoms with Gasteiger partial charge in [-0.2, -0.15) is 5.26 Å². The van der Waals surface area contributed by atoms with Crippen LogP contribution < -0.4 is 0 Å². The predicted octanol–water partition coefficient (Wildman–Crippen LogP) is 3.60. The van der Waals surface area contributed by atoms with E-state index in [1.54, 1.807) is 12.1 Å². The lowest BCUT2D eigenvalue weighted by molar-refractivity contribution is 0.570. The smallest absolute Gasteiger partial charge is 0.127 e. The molecule has 74 valence electrons. The van der Waals surface area contributed by atoms with E-state index in [1.165, 1.54) is 6.07 Å². The highest BCUT2D eigenvalue weighted by Crippen LogP contribution is 2.23. The van der Waals surface area contributed by atoms with Crippen LogP contribution in [0.3, 0.4) is 0 Å².